The van der Waals surface area contributed by atoms with E-state index in [1.807, 2.05) is 30.5 Å². The molecule has 6 nitrogen and oxygen atoms in total. The summed E-state index contributed by atoms with van der Waals surface area (Å²) in [5.41, 5.74) is 10.8. The van der Waals surface area contributed by atoms with E-state index in [4.69, 9.17) is 10.5 Å². The molecular formula is C20H22N6S. The molecule has 3 rings (SSSR count). The molecule has 0 aliphatic rings. The van der Waals surface area contributed by atoms with Crippen molar-refractivity contribution in [1.82, 2.24) is 14.5 Å². The van der Waals surface area contributed by atoms with Gasteiger partial charge in [-0.3, -0.25) is 4.98 Å². The lowest BCUT2D eigenvalue weighted by molar-refractivity contribution is 0.662. The van der Waals surface area contributed by atoms with Gasteiger partial charge in [-0.2, -0.15) is 0 Å². The number of aromatic nitrogens is 3. The number of imidazole rings is 1. The second-order valence-corrected chi connectivity index (χ2v) is 7.50. The quantitative estimate of drug-likeness (QED) is 0.297. The number of benzene rings is 1. The van der Waals surface area contributed by atoms with E-state index in [-0.39, 0.29) is 0 Å². The van der Waals surface area contributed by atoms with Crippen LogP contribution in [0.5, 0.6) is 0 Å². The van der Waals surface area contributed by atoms with Gasteiger partial charge < -0.3 is 4.57 Å². The topological polar surface area (TPSA) is 79.5 Å². The van der Waals surface area contributed by atoms with Gasteiger partial charge in [-0.05, 0) is 35.2 Å². The Morgan fingerprint density at radius 1 is 1.19 bits per heavy atom. The van der Waals surface area contributed by atoms with Crippen LogP contribution in [0.3, 0.4) is 0 Å². The first kappa shape index (κ1) is 19.0. The standard InChI is InChI=1S/C20H22N6S/c1-15(2)19-20(27-17-8-4-3-5-9-17)26(14-16-7-6-11-22-13-16)18(24-19)10-12-23-25-21/h3-9,11,13,15H,10,12,14H2,1-2H3. The highest BCUT2D eigenvalue weighted by Gasteiger charge is 2.20. The van der Waals surface area contributed by atoms with Gasteiger partial charge in [0.2, 0.25) is 0 Å². The van der Waals surface area contributed by atoms with Crippen molar-refractivity contribution in [1.29, 1.82) is 0 Å². The molecule has 0 aliphatic carbocycles. The maximum atomic E-state index is 8.61. The van der Waals surface area contributed by atoms with E-state index in [1.54, 1.807) is 18.0 Å². The highest BCUT2D eigenvalue weighted by Crippen LogP contribution is 2.35. The van der Waals surface area contributed by atoms with E-state index in [9.17, 15) is 0 Å². The number of hydrogen-bond donors (Lipinski definition) is 0. The Morgan fingerprint density at radius 2 is 2.00 bits per heavy atom. The minimum Gasteiger partial charge on any atom is -0.318 e. The Hall–Kier alpha value is -2.76. The molecule has 0 N–H and O–H groups in total. The number of hydrogen-bond acceptors (Lipinski definition) is 4. The predicted octanol–water partition coefficient (Wildman–Crippen LogP) is 5.45. The number of azide groups is 1. The zero-order valence-electron chi connectivity index (χ0n) is 15.5. The fourth-order valence-electron chi connectivity index (χ4n) is 2.81. The van der Waals surface area contributed by atoms with Gasteiger partial charge in [0.15, 0.2) is 0 Å². The first-order valence-electron chi connectivity index (χ1n) is 8.91. The van der Waals surface area contributed by atoms with E-state index in [0.717, 1.165) is 22.1 Å². The summed E-state index contributed by atoms with van der Waals surface area (Å²) in [5, 5.41) is 4.83. The summed E-state index contributed by atoms with van der Waals surface area (Å²) in [6, 6.07) is 14.3. The molecule has 2 heterocycles. The normalized spacial score (nSPS) is 10.8. The van der Waals surface area contributed by atoms with Crippen molar-refractivity contribution < 1.29 is 0 Å². The molecule has 0 fully saturated rings. The summed E-state index contributed by atoms with van der Waals surface area (Å²) in [5.74, 6) is 1.23. The zero-order valence-corrected chi connectivity index (χ0v) is 16.3. The van der Waals surface area contributed by atoms with Crippen molar-refractivity contribution in [2.45, 2.75) is 42.7 Å². The molecule has 3 aromatic rings. The fourth-order valence-corrected chi connectivity index (χ4v) is 3.99. The Morgan fingerprint density at radius 3 is 2.67 bits per heavy atom. The molecule has 2 aromatic heterocycles. The van der Waals surface area contributed by atoms with Crippen molar-refractivity contribution in [3.63, 3.8) is 0 Å². The highest BCUT2D eigenvalue weighted by molar-refractivity contribution is 7.99. The molecule has 27 heavy (non-hydrogen) atoms. The Balaban J connectivity index is 2.04. The summed E-state index contributed by atoms with van der Waals surface area (Å²) in [6.07, 6.45) is 4.27. The van der Waals surface area contributed by atoms with E-state index < -0.39 is 0 Å². The van der Waals surface area contributed by atoms with Crippen LogP contribution < -0.4 is 0 Å². The fraction of sp³-hybridized carbons (Fsp3) is 0.300. The van der Waals surface area contributed by atoms with Gasteiger partial charge in [0.25, 0.3) is 0 Å². The molecule has 7 heteroatoms. The minimum absolute atomic E-state index is 0.296. The van der Waals surface area contributed by atoms with Crippen LogP contribution in [0.15, 0.2) is 69.9 Å². The Bertz CT molecular complexity index is 914. The highest BCUT2D eigenvalue weighted by atomic mass is 32.2. The van der Waals surface area contributed by atoms with Crippen molar-refractivity contribution >= 4 is 11.8 Å². The van der Waals surface area contributed by atoms with E-state index in [1.165, 1.54) is 4.90 Å². The summed E-state index contributed by atoms with van der Waals surface area (Å²) >= 11 is 1.73. The third kappa shape index (κ3) is 4.90. The van der Waals surface area contributed by atoms with Gasteiger partial charge >= 0.3 is 0 Å². The van der Waals surface area contributed by atoms with Crippen molar-refractivity contribution in [2.75, 3.05) is 6.54 Å². The molecular weight excluding hydrogens is 356 g/mol. The monoisotopic (exact) mass is 378 g/mol. The van der Waals surface area contributed by atoms with Crippen LogP contribution in [0.2, 0.25) is 0 Å². The summed E-state index contributed by atoms with van der Waals surface area (Å²) in [4.78, 5) is 13.2. The van der Waals surface area contributed by atoms with Crippen LogP contribution in [0.4, 0.5) is 0 Å². The number of nitrogens with zero attached hydrogens (tertiary/aromatic N) is 6. The lowest BCUT2D eigenvalue weighted by Crippen LogP contribution is -2.08. The maximum absolute atomic E-state index is 8.61. The van der Waals surface area contributed by atoms with Crippen LogP contribution in [0.25, 0.3) is 10.4 Å². The molecule has 0 unspecified atom stereocenters. The molecule has 0 amide bonds. The van der Waals surface area contributed by atoms with Gasteiger partial charge in [0, 0.05) is 35.2 Å². The number of rotatable bonds is 8. The zero-order chi connectivity index (χ0) is 19.1. The molecule has 0 spiro atoms. The van der Waals surface area contributed by atoms with Gasteiger partial charge in [0.05, 0.1) is 12.2 Å². The smallest absolute Gasteiger partial charge is 0.110 e. The van der Waals surface area contributed by atoms with Gasteiger partial charge in [0.1, 0.15) is 10.9 Å². The maximum Gasteiger partial charge on any atom is 0.110 e. The summed E-state index contributed by atoms with van der Waals surface area (Å²) in [6.45, 7) is 5.40. The predicted molar refractivity (Wildman–Crippen MR) is 108 cm³/mol. The van der Waals surface area contributed by atoms with Crippen molar-refractivity contribution in [3.8, 4) is 0 Å². The van der Waals surface area contributed by atoms with E-state index in [0.29, 0.717) is 25.4 Å². The molecule has 0 atom stereocenters. The van der Waals surface area contributed by atoms with Crippen molar-refractivity contribution in [3.05, 3.63) is 82.4 Å². The summed E-state index contributed by atoms with van der Waals surface area (Å²) < 4.78 is 2.23. The molecule has 0 bridgehead atoms. The number of pyridine rings is 1. The Kier molecular flexibility index (Phi) is 6.52. The average Bonchev–Trinajstić information content (AvgIpc) is 3.01. The second-order valence-electron chi connectivity index (χ2n) is 6.44. The third-order valence-electron chi connectivity index (χ3n) is 4.09. The molecule has 138 valence electrons. The minimum atomic E-state index is 0.296. The van der Waals surface area contributed by atoms with Gasteiger partial charge in [-0.25, -0.2) is 4.98 Å². The molecule has 0 radical (unpaired) electrons. The van der Waals surface area contributed by atoms with E-state index >= 15 is 0 Å². The van der Waals surface area contributed by atoms with Crippen LogP contribution in [0.1, 0.15) is 36.8 Å². The van der Waals surface area contributed by atoms with Gasteiger partial charge in [-0.15, -0.1) is 0 Å². The van der Waals surface area contributed by atoms with Crippen LogP contribution in [-0.4, -0.2) is 21.1 Å². The largest absolute Gasteiger partial charge is 0.318 e. The molecule has 0 saturated heterocycles. The lowest BCUT2D eigenvalue weighted by Gasteiger charge is -2.13. The Labute approximate surface area is 163 Å². The van der Waals surface area contributed by atoms with Crippen LogP contribution in [-0.2, 0) is 13.0 Å². The summed E-state index contributed by atoms with van der Waals surface area (Å²) in [7, 11) is 0. The molecule has 0 aliphatic heterocycles. The first-order chi connectivity index (χ1) is 13.2. The van der Waals surface area contributed by atoms with Gasteiger partial charge in [-0.1, -0.05) is 55.0 Å². The molecule has 1 aromatic carbocycles. The molecule has 0 saturated carbocycles. The SMILES string of the molecule is CC(C)c1nc(CCN=[N+]=[N-])n(Cc2cccnc2)c1Sc1ccccc1. The average molecular weight is 379 g/mol. The second kappa shape index (κ2) is 9.26. The van der Waals surface area contributed by atoms with Crippen molar-refractivity contribution in [2.24, 2.45) is 5.11 Å². The van der Waals surface area contributed by atoms with Crippen LogP contribution in [0, 0.1) is 0 Å². The van der Waals surface area contributed by atoms with Crippen LogP contribution >= 0.6 is 11.8 Å². The lowest BCUT2D eigenvalue weighted by atomic mass is 10.1. The third-order valence-corrected chi connectivity index (χ3v) is 5.22. The van der Waals surface area contributed by atoms with E-state index in [2.05, 4.69) is 51.6 Å². The first-order valence-corrected chi connectivity index (χ1v) is 9.72.